The lowest BCUT2D eigenvalue weighted by Crippen LogP contribution is -2.23. The fourth-order valence-corrected chi connectivity index (χ4v) is 2.12. The van der Waals surface area contributed by atoms with Crippen molar-refractivity contribution < 1.29 is 9.53 Å². The molecule has 0 spiro atoms. The molecule has 0 amide bonds. The number of methoxy groups -OCH3 is 1. The SMILES string of the molecule is CNc1ccc2[nH]c(C3(C(=O)OC)CC3)nc2n1. The average Bonchev–Trinajstić information content (AvgIpc) is 3.11. The first-order valence-electron chi connectivity index (χ1n) is 5.83. The summed E-state index contributed by atoms with van der Waals surface area (Å²) < 4.78 is 4.84. The van der Waals surface area contributed by atoms with E-state index in [1.807, 2.05) is 12.1 Å². The standard InChI is InChI=1S/C12H14N4O2/c1-13-8-4-3-7-9(15-8)16-10(14-7)12(5-6-12)11(17)18-2/h3-4H,5-6H2,1-2H3,(H2,13,14,15,16). The number of esters is 1. The van der Waals surface area contributed by atoms with E-state index in [-0.39, 0.29) is 5.97 Å². The Bertz CT molecular complexity index is 616. The van der Waals surface area contributed by atoms with Crippen LogP contribution < -0.4 is 5.32 Å². The van der Waals surface area contributed by atoms with Crippen molar-refractivity contribution in [3.8, 4) is 0 Å². The normalized spacial score (nSPS) is 16.6. The Morgan fingerprint density at radius 3 is 2.83 bits per heavy atom. The monoisotopic (exact) mass is 246 g/mol. The van der Waals surface area contributed by atoms with Crippen LogP contribution in [0.25, 0.3) is 11.2 Å². The second-order valence-electron chi connectivity index (χ2n) is 4.48. The van der Waals surface area contributed by atoms with E-state index in [0.29, 0.717) is 11.5 Å². The molecule has 2 N–H and O–H groups in total. The highest BCUT2D eigenvalue weighted by Crippen LogP contribution is 2.48. The van der Waals surface area contributed by atoms with Crippen LogP contribution in [0.1, 0.15) is 18.7 Å². The van der Waals surface area contributed by atoms with Gasteiger partial charge >= 0.3 is 5.97 Å². The number of hydrogen-bond acceptors (Lipinski definition) is 5. The van der Waals surface area contributed by atoms with Crippen molar-refractivity contribution in [2.45, 2.75) is 18.3 Å². The lowest BCUT2D eigenvalue weighted by atomic mass is 10.1. The average molecular weight is 246 g/mol. The van der Waals surface area contributed by atoms with E-state index in [1.165, 1.54) is 7.11 Å². The van der Waals surface area contributed by atoms with Crippen molar-refractivity contribution in [1.29, 1.82) is 0 Å². The van der Waals surface area contributed by atoms with Crippen LogP contribution in [0.3, 0.4) is 0 Å². The number of anilines is 1. The number of nitrogens with one attached hydrogen (secondary N) is 2. The second-order valence-corrected chi connectivity index (χ2v) is 4.48. The highest BCUT2D eigenvalue weighted by Gasteiger charge is 2.55. The molecule has 0 aromatic carbocycles. The first-order chi connectivity index (χ1) is 8.69. The third-order valence-electron chi connectivity index (χ3n) is 3.38. The van der Waals surface area contributed by atoms with E-state index >= 15 is 0 Å². The van der Waals surface area contributed by atoms with Crippen LogP contribution in [0.2, 0.25) is 0 Å². The number of carbonyl (C=O) groups excluding carboxylic acids is 1. The number of imidazole rings is 1. The number of fused-ring (bicyclic) bond motifs is 1. The molecule has 0 saturated heterocycles. The zero-order chi connectivity index (χ0) is 12.8. The maximum atomic E-state index is 11.8. The Labute approximate surface area is 104 Å². The lowest BCUT2D eigenvalue weighted by molar-refractivity contribution is -0.143. The Morgan fingerprint density at radius 2 is 2.22 bits per heavy atom. The minimum atomic E-state index is -0.574. The second kappa shape index (κ2) is 3.69. The zero-order valence-corrected chi connectivity index (χ0v) is 10.3. The van der Waals surface area contributed by atoms with Crippen molar-refractivity contribution in [1.82, 2.24) is 15.0 Å². The minimum Gasteiger partial charge on any atom is -0.468 e. The van der Waals surface area contributed by atoms with Crippen molar-refractivity contribution >= 4 is 23.0 Å². The largest absolute Gasteiger partial charge is 0.468 e. The van der Waals surface area contributed by atoms with Gasteiger partial charge in [0.2, 0.25) is 0 Å². The smallest absolute Gasteiger partial charge is 0.319 e. The van der Waals surface area contributed by atoms with E-state index < -0.39 is 5.41 Å². The number of hydrogen-bond donors (Lipinski definition) is 2. The van der Waals surface area contributed by atoms with Gasteiger partial charge in [-0.2, -0.15) is 0 Å². The van der Waals surface area contributed by atoms with Crippen LogP contribution in [0.15, 0.2) is 12.1 Å². The van der Waals surface area contributed by atoms with Gasteiger partial charge < -0.3 is 15.0 Å². The Morgan fingerprint density at radius 1 is 1.44 bits per heavy atom. The Hall–Kier alpha value is -2.11. The molecule has 1 saturated carbocycles. The molecule has 0 aliphatic heterocycles. The molecule has 1 aliphatic carbocycles. The minimum absolute atomic E-state index is 0.226. The van der Waals surface area contributed by atoms with Crippen molar-refractivity contribution in [3.05, 3.63) is 18.0 Å². The molecule has 18 heavy (non-hydrogen) atoms. The van der Waals surface area contributed by atoms with Crippen LogP contribution >= 0.6 is 0 Å². The predicted molar refractivity (Wildman–Crippen MR) is 66.4 cm³/mol. The Balaban J connectivity index is 2.06. The Kier molecular flexibility index (Phi) is 2.26. The van der Waals surface area contributed by atoms with Gasteiger partial charge in [0.1, 0.15) is 17.1 Å². The summed E-state index contributed by atoms with van der Waals surface area (Å²) in [6, 6.07) is 3.76. The topological polar surface area (TPSA) is 79.9 Å². The number of rotatable bonds is 3. The zero-order valence-electron chi connectivity index (χ0n) is 10.3. The van der Waals surface area contributed by atoms with Gasteiger partial charge in [0.05, 0.1) is 12.6 Å². The van der Waals surface area contributed by atoms with Gasteiger partial charge in [0.15, 0.2) is 5.65 Å². The van der Waals surface area contributed by atoms with Gasteiger partial charge in [-0.1, -0.05) is 0 Å². The van der Waals surface area contributed by atoms with Crippen LogP contribution in [0.5, 0.6) is 0 Å². The molecule has 0 atom stereocenters. The molecule has 0 unspecified atom stereocenters. The number of aromatic amines is 1. The summed E-state index contributed by atoms with van der Waals surface area (Å²) in [4.78, 5) is 23.7. The van der Waals surface area contributed by atoms with Gasteiger partial charge in [-0.3, -0.25) is 4.79 Å². The number of H-pyrrole nitrogens is 1. The summed E-state index contributed by atoms with van der Waals surface area (Å²) in [7, 11) is 3.21. The van der Waals surface area contributed by atoms with Crippen molar-refractivity contribution in [3.63, 3.8) is 0 Å². The molecular formula is C12H14N4O2. The van der Waals surface area contributed by atoms with Crippen LogP contribution in [-0.2, 0) is 14.9 Å². The molecule has 3 rings (SSSR count). The van der Waals surface area contributed by atoms with E-state index in [4.69, 9.17) is 4.74 Å². The van der Waals surface area contributed by atoms with Gasteiger partial charge in [0.25, 0.3) is 0 Å². The molecule has 2 aromatic rings. The lowest BCUT2D eigenvalue weighted by Gasteiger charge is -2.08. The number of carbonyl (C=O) groups is 1. The third-order valence-corrected chi connectivity index (χ3v) is 3.38. The van der Waals surface area contributed by atoms with E-state index in [9.17, 15) is 4.79 Å². The maximum absolute atomic E-state index is 11.8. The fraction of sp³-hybridized carbons (Fsp3) is 0.417. The van der Waals surface area contributed by atoms with Gasteiger partial charge in [0, 0.05) is 7.05 Å². The van der Waals surface area contributed by atoms with Crippen molar-refractivity contribution in [2.24, 2.45) is 0 Å². The molecule has 6 nitrogen and oxygen atoms in total. The summed E-state index contributed by atoms with van der Waals surface area (Å²) in [6.45, 7) is 0. The number of pyridine rings is 1. The van der Waals surface area contributed by atoms with E-state index in [1.54, 1.807) is 7.05 Å². The first-order valence-corrected chi connectivity index (χ1v) is 5.83. The summed E-state index contributed by atoms with van der Waals surface area (Å²) in [6.07, 6.45) is 1.55. The molecule has 1 aliphatic rings. The highest BCUT2D eigenvalue weighted by atomic mass is 16.5. The number of ether oxygens (including phenoxy) is 1. The number of nitrogens with zero attached hydrogens (tertiary/aromatic N) is 2. The molecule has 0 radical (unpaired) electrons. The summed E-state index contributed by atoms with van der Waals surface area (Å²) in [5.74, 6) is 1.18. The summed E-state index contributed by atoms with van der Waals surface area (Å²) >= 11 is 0. The fourth-order valence-electron chi connectivity index (χ4n) is 2.12. The van der Waals surface area contributed by atoms with Gasteiger partial charge in [-0.25, -0.2) is 9.97 Å². The van der Waals surface area contributed by atoms with Gasteiger partial charge in [-0.15, -0.1) is 0 Å². The highest BCUT2D eigenvalue weighted by molar-refractivity contribution is 5.86. The molecular weight excluding hydrogens is 232 g/mol. The molecule has 2 heterocycles. The molecule has 6 heteroatoms. The maximum Gasteiger partial charge on any atom is 0.319 e. The summed E-state index contributed by atoms with van der Waals surface area (Å²) in [5, 5.41) is 2.96. The predicted octanol–water partition coefficient (Wildman–Crippen LogP) is 1.20. The van der Waals surface area contributed by atoms with Crippen LogP contribution in [0.4, 0.5) is 5.82 Å². The number of aromatic nitrogens is 3. The first kappa shape index (κ1) is 11.0. The van der Waals surface area contributed by atoms with E-state index in [2.05, 4.69) is 20.3 Å². The molecule has 0 bridgehead atoms. The quantitative estimate of drug-likeness (QED) is 0.795. The van der Waals surface area contributed by atoms with Crippen LogP contribution in [-0.4, -0.2) is 35.1 Å². The molecule has 2 aromatic heterocycles. The van der Waals surface area contributed by atoms with Gasteiger partial charge in [-0.05, 0) is 25.0 Å². The molecule has 94 valence electrons. The van der Waals surface area contributed by atoms with Crippen molar-refractivity contribution in [2.75, 3.05) is 19.5 Å². The summed E-state index contributed by atoms with van der Waals surface area (Å²) in [5.41, 5.74) is 0.876. The third kappa shape index (κ3) is 1.45. The molecule has 1 fully saturated rings. The van der Waals surface area contributed by atoms with E-state index in [0.717, 1.165) is 24.2 Å². The van der Waals surface area contributed by atoms with Crippen LogP contribution in [0, 0.1) is 0 Å².